The molecule has 4 rings (SSSR count). The lowest BCUT2D eigenvalue weighted by Gasteiger charge is -2.05. The minimum absolute atomic E-state index is 0.102. The van der Waals surface area contributed by atoms with Gasteiger partial charge >= 0.3 is 0 Å². The average Bonchev–Trinajstić information content (AvgIpc) is 2.69. The predicted molar refractivity (Wildman–Crippen MR) is 77.8 cm³/mol. The Morgan fingerprint density at radius 3 is 2.33 bits per heavy atom. The highest BCUT2D eigenvalue weighted by molar-refractivity contribution is 6.11. The van der Waals surface area contributed by atoms with Gasteiger partial charge in [-0.2, -0.15) is 0 Å². The third kappa shape index (κ3) is 1.32. The van der Waals surface area contributed by atoms with Gasteiger partial charge in [0.25, 0.3) is 0 Å². The lowest BCUT2D eigenvalue weighted by atomic mass is 9.98. The van der Waals surface area contributed by atoms with E-state index in [-0.39, 0.29) is 38.4 Å². The number of hydrogen-bond acceptors (Lipinski definition) is 0. The van der Waals surface area contributed by atoms with Gasteiger partial charge in [0.05, 0.1) is 15.1 Å². The largest absolute Gasteiger partial charge is 0.0636 e. The zero-order chi connectivity index (χ0) is 21.5. The Morgan fingerprint density at radius 1 is 0.722 bits per heavy atom. The van der Waals surface area contributed by atoms with Crippen molar-refractivity contribution in [2.75, 3.05) is 0 Å². The van der Waals surface area contributed by atoms with Crippen LogP contribution >= 0.6 is 0 Å². The van der Waals surface area contributed by atoms with Gasteiger partial charge in [0.2, 0.25) is 0 Å². The second-order valence-corrected chi connectivity index (χ2v) is 3.75. The second-order valence-electron chi connectivity index (χ2n) is 3.75. The molecule has 4 aromatic rings. The molecule has 0 atom stereocenters. The molecule has 0 heteroatoms. The summed E-state index contributed by atoms with van der Waals surface area (Å²) in [5, 5.41) is -0.928. The van der Waals surface area contributed by atoms with Crippen LogP contribution in [-0.4, -0.2) is 0 Å². The Kier molecular flexibility index (Phi) is 0.760. The minimum atomic E-state index is -0.574. The molecule has 18 heavy (non-hydrogen) atoms. The Hall–Kier alpha value is -2.34. The summed E-state index contributed by atoms with van der Waals surface area (Å²) < 4.78 is 89.5. The van der Waals surface area contributed by atoms with Crippen molar-refractivity contribution < 1.29 is 15.1 Å². The Balaban J connectivity index is 2.49. The maximum Gasteiger partial charge on any atom is 0.0636 e. The van der Waals surface area contributed by atoms with Crippen LogP contribution in [0.25, 0.3) is 32.3 Å². The number of rotatable bonds is 0. The molecule has 0 fully saturated rings. The molecular formula is C18H11. The van der Waals surface area contributed by atoms with Crippen LogP contribution in [0.3, 0.4) is 0 Å². The van der Waals surface area contributed by atoms with Crippen molar-refractivity contribution in [2.24, 2.45) is 0 Å². The van der Waals surface area contributed by atoms with Crippen LogP contribution in [0.1, 0.15) is 15.1 Å². The van der Waals surface area contributed by atoms with Crippen LogP contribution in [0.2, 0.25) is 0 Å². The molecule has 0 spiro atoms. The molecule has 1 radical (unpaired) electrons. The first-order valence-corrected chi connectivity index (χ1v) is 5.25. The minimum Gasteiger partial charge on any atom is -0.0616 e. The van der Waals surface area contributed by atoms with Crippen molar-refractivity contribution in [3.63, 3.8) is 0 Å². The van der Waals surface area contributed by atoms with Crippen LogP contribution in [0.4, 0.5) is 0 Å². The van der Waals surface area contributed by atoms with Crippen molar-refractivity contribution >= 4 is 32.3 Å². The van der Waals surface area contributed by atoms with Gasteiger partial charge in [-0.15, -0.1) is 0 Å². The number of fused-ring (bicyclic) bond motifs is 4. The predicted octanol–water partition coefficient (Wildman–Crippen LogP) is 4.95. The lowest BCUT2D eigenvalue weighted by molar-refractivity contribution is 1.77. The van der Waals surface area contributed by atoms with Gasteiger partial charge in [0.1, 0.15) is 0 Å². The number of benzene rings is 4. The van der Waals surface area contributed by atoms with Crippen LogP contribution < -0.4 is 0 Å². The van der Waals surface area contributed by atoms with Crippen molar-refractivity contribution in [3.8, 4) is 0 Å². The van der Waals surface area contributed by atoms with Crippen LogP contribution in [0, 0.1) is 6.07 Å². The van der Waals surface area contributed by atoms with Gasteiger partial charge in [-0.1, -0.05) is 48.3 Å². The standard InChI is InChI=1S/C18H11/c1-2-7-15-12-18-16(11-14(15)6-1)10-9-13-5-3-4-8-17(13)18/h1-8,10-12H/i1D,2D,3D,4D,5D,6D,7D,8D,10D,11D,12D. The lowest BCUT2D eigenvalue weighted by Crippen LogP contribution is -1.79. The van der Waals surface area contributed by atoms with Crippen LogP contribution in [0.15, 0.2) is 66.5 Å². The summed E-state index contributed by atoms with van der Waals surface area (Å²) in [6.07, 6.45) is 0. The first-order chi connectivity index (χ1) is 13.5. The second kappa shape index (κ2) is 3.58. The zero-order valence-electron chi connectivity index (χ0n) is 20.0. The Labute approximate surface area is 121 Å². The molecular weight excluding hydrogens is 216 g/mol. The SMILES string of the molecule is [2H]c1c([2H])c([2H])c2c([c]c([2H])c3c([2H])c4c([2H])c([2H])c([2H])c([2H])c4c([2H])c32)c1[2H]. The van der Waals surface area contributed by atoms with E-state index < -0.39 is 60.4 Å². The van der Waals surface area contributed by atoms with E-state index in [0.29, 0.717) is 0 Å². The molecule has 0 nitrogen and oxygen atoms in total. The first kappa shape index (κ1) is 3.83. The van der Waals surface area contributed by atoms with Crippen molar-refractivity contribution in [2.45, 2.75) is 0 Å². The quantitative estimate of drug-likeness (QED) is 0.300. The fraction of sp³-hybridized carbons (Fsp3) is 0. The highest BCUT2D eigenvalue weighted by Crippen LogP contribution is 2.28. The monoisotopic (exact) mass is 238 g/mol. The van der Waals surface area contributed by atoms with Gasteiger partial charge in [-0.05, 0) is 56.5 Å². The summed E-state index contributed by atoms with van der Waals surface area (Å²) in [6, 6.07) is -2.77. The summed E-state index contributed by atoms with van der Waals surface area (Å²) in [5.74, 6) is 0. The van der Waals surface area contributed by atoms with Crippen molar-refractivity contribution in [1.29, 1.82) is 0 Å². The third-order valence-corrected chi connectivity index (χ3v) is 2.69. The highest BCUT2D eigenvalue weighted by atomic mass is 14.1. The van der Waals surface area contributed by atoms with Crippen LogP contribution in [0.5, 0.6) is 0 Å². The van der Waals surface area contributed by atoms with Crippen LogP contribution in [-0.2, 0) is 0 Å². The normalized spacial score (nSPS) is 19.9. The van der Waals surface area contributed by atoms with E-state index in [2.05, 4.69) is 6.07 Å². The fourth-order valence-electron chi connectivity index (χ4n) is 1.88. The highest BCUT2D eigenvalue weighted by Gasteiger charge is 2.02. The zero-order valence-corrected chi connectivity index (χ0v) is 9.00. The Morgan fingerprint density at radius 2 is 1.44 bits per heavy atom. The molecule has 83 valence electrons. The molecule has 0 aliphatic rings. The summed E-state index contributed by atoms with van der Waals surface area (Å²) in [7, 11) is 0. The van der Waals surface area contributed by atoms with E-state index in [9.17, 15) is 0 Å². The molecule has 0 aliphatic heterocycles. The molecule has 0 heterocycles. The molecule has 0 saturated carbocycles. The summed E-state index contributed by atoms with van der Waals surface area (Å²) >= 11 is 0. The molecule has 0 saturated heterocycles. The molecule has 4 aromatic carbocycles. The summed E-state index contributed by atoms with van der Waals surface area (Å²) in [5.41, 5.74) is 0. The van der Waals surface area contributed by atoms with Gasteiger partial charge in [-0.3, -0.25) is 0 Å². The summed E-state index contributed by atoms with van der Waals surface area (Å²) in [4.78, 5) is 0. The fourth-order valence-corrected chi connectivity index (χ4v) is 1.88. The van der Waals surface area contributed by atoms with E-state index in [1.165, 1.54) is 0 Å². The third-order valence-electron chi connectivity index (χ3n) is 2.69. The smallest absolute Gasteiger partial charge is 0.0616 e. The molecule has 0 N–H and O–H groups in total. The topological polar surface area (TPSA) is 0 Å². The first-order valence-electron chi connectivity index (χ1n) is 10.8. The van der Waals surface area contributed by atoms with Gasteiger partial charge in [0.15, 0.2) is 0 Å². The molecule has 0 unspecified atom stereocenters. The van der Waals surface area contributed by atoms with E-state index in [4.69, 9.17) is 15.1 Å². The molecule has 0 amide bonds. The number of hydrogen-bond donors (Lipinski definition) is 0. The van der Waals surface area contributed by atoms with Gasteiger partial charge in [0, 0.05) is 0 Å². The molecule has 0 bridgehead atoms. The summed E-state index contributed by atoms with van der Waals surface area (Å²) in [6.45, 7) is 0. The van der Waals surface area contributed by atoms with E-state index in [0.717, 1.165) is 0 Å². The molecule has 0 aromatic heterocycles. The Bertz CT molecular complexity index is 1410. The van der Waals surface area contributed by atoms with Gasteiger partial charge < -0.3 is 0 Å². The van der Waals surface area contributed by atoms with E-state index in [1.807, 2.05) is 0 Å². The maximum absolute atomic E-state index is 8.62. The van der Waals surface area contributed by atoms with Gasteiger partial charge in [-0.25, -0.2) is 0 Å². The maximum atomic E-state index is 8.62. The van der Waals surface area contributed by atoms with Crippen molar-refractivity contribution in [3.05, 3.63) is 72.5 Å². The van der Waals surface area contributed by atoms with E-state index >= 15 is 0 Å². The van der Waals surface area contributed by atoms with E-state index in [1.54, 1.807) is 0 Å². The molecule has 0 aliphatic carbocycles. The average molecular weight is 238 g/mol. The van der Waals surface area contributed by atoms with Crippen molar-refractivity contribution in [1.82, 2.24) is 0 Å².